The molecule has 0 unspecified atom stereocenters. The second-order valence-electron chi connectivity index (χ2n) is 6.44. The lowest BCUT2D eigenvalue weighted by Gasteiger charge is -2.07. The van der Waals surface area contributed by atoms with Crippen LogP contribution in [0.3, 0.4) is 0 Å². The largest absolute Gasteiger partial charge is 0.497 e. The summed E-state index contributed by atoms with van der Waals surface area (Å²) in [5.41, 5.74) is 3.02. The normalized spacial score (nSPS) is 10.6. The van der Waals surface area contributed by atoms with Crippen LogP contribution >= 0.6 is 0 Å². The topological polar surface area (TPSA) is 73.9 Å². The summed E-state index contributed by atoms with van der Waals surface area (Å²) >= 11 is 0. The smallest absolute Gasteiger partial charge is 0.330 e. The number of carbonyl (C=O) groups excluding carboxylic acids is 2. The van der Waals surface area contributed by atoms with E-state index in [1.54, 1.807) is 38.5 Å². The van der Waals surface area contributed by atoms with E-state index in [-0.39, 0.29) is 19.1 Å². The Morgan fingerprint density at radius 1 is 1.03 bits per heavy atom. The molecule has 0 radical (unpaired) electrons. The van der Waals surface area contributed by atoms with Crippen molar-refractivity contribution in [2.45, 2.75) is 19.8 Å². The number of carbonyl (C=O) groups is 2. The van der Waals surface area contributed by atoms with Crippen LogP contribution in [0.4, 0.5) is 0 Å². The van der Waals surface area contributed by atoms with Crippen molar-refractivity contribution in [3.05, 3.63) is 65.2 Å². The third-order valence-electron chi connectivity index (χ3n) is 4.27. The second kappa shape index (κ2) is 11.5. The van der Waals surface area contributed by atoms with Gasteiger partial charge in [-0.1, -0.05) is 29.8 Å². The molecule has 6 heteroatoms. The average Bonchev–Trinajstić information content (AvgIpc) is 2.74. The van der Waals surface area contributed by atoms with Gasteiger partial charge in [0.2, 0.25) is 5.91 Å². The summed E-state index contributed by atoms with van der Waals surface area (Å²) in [6.07, 6.45) is 3.99. The Hall–Kier alpha value is -3.28. The minimum atomic E-state index is -0.497. The fraction of sp³-hybridized carbons (Fsp3) is 0.304. The molecule has 0 saturated heterocycles. The fourth-order valence-corrected chi connectivity index (χ4v) is 2.62. The van der Waals surface area contributed by atoms with Gasteiger partial charge in [-0.05, 0) is 43.2 Å². The summed E-state index contributed by atoms with van der Waals surface area (Å²) in [6.45, 7) is 2.41. The Kier molecular flexibility index (Phi) is 8.76. The van der Waals surface area contributed by atoms with Crippen LogP contribution in [-0.4, -0.2) is 39.2 Å². The fourth-order valence-electron chi connectivity index (χ4n) is 2.62. The van der Waals surface area contributed by atoms with Crippen LogP contribution in [0.1, 0.15) is 23.1 Å². The Labute approximate surface area is 171 Å². The Morgan fingerprint density at radius 2 is 1.79 bits per heavy atom. The molecule has 0 spiro atoms. The molecule has 154 valence electrons. The molecule has 2 rings (SSSR count). The average molecular weight is 397 g/mol. The van der Waals surface area contributed by atoms with Crippen molar-refractivity contribution in [1.29, 1.82) is 0 Å². The molecule has 2 aromatic carbocycles. The van der Waals surface area contributed by atoms with E-state index in [1.807, 2.05) is 31.2 Å². The standard InChI is InChI=1S/C23H27NO5/c1-17-4-6-18(7-5-17)8-12-22(25)24-14-15-29-23(26)13-9-19-16-20(27-2)10-11-21(19)28-3/h4-7,9-11,13,16H,8,12,14-15H2,1-3H3,(H,24,25)/b13-9+. The third kappa shape index (κ3) is 7.70. The highest BCUT2D eigenvalue weighted by molar-refractivity contribution is 5.87. The Balaban J connectivity index is 1.69. The number of rotatable bonds is 10. The number of benzene rings is 2. The van der Waals surface area contributed by atoms with E-state index in [4.69, 9.17) is 14.2 Å². The number of esters is 1. The Bertz CT molecular complexity index is 843. The van der Waals surface area contributed by atoms with Crippen LogP contribution in [-0.2, 0) is 20.7 Å². The molecule has 0 aliphatic carbocycles. The van der Waals surface area contributed by atoms with E-state index in [2.05, 4.69) is 5.32 Å². The maximum atomic E-state index is 11.9. The quantitative estimate of drug-likeness (QED) is 0.378. The van der Waals surface area contributed by atoms with E-state index in [1.165, 1.54) is 11.6 Å². The van der Waals surface area contributed by atoms with Crippen LogP contribution in [0.15, 0.2) is 48.5 Å². The molecule has 0 bridgehead atoms. The van der Waals surface area contributed by atoms with Gasteiger partial charge in [0, 0.05) is 18.1 Å². The van der Waals surface area contributed by atoms with Crippen molar-refractivity contribution in [3.63, 3.8) is 0 Å². The zero-order chi connectivity index (χ0) is 21.1. The second-order valence-corrected chi connectivity index (χ2v) is 6.44. The first kappa shape index (κ1) is 22.0. The van der Waals surface area contributed by atoms with Gasteiger partial charge in [-0.2, -0.15) is 0 Å². The van der Waals surface area contributed by atoms with E-state index in [9.17, 15) is 9.59 Å². The summed E-state index contributed by atoms with van der Waals surface area (Å²) in [4.78, 5) is 23.7. The zero-order valence-corrected chi connectivity index (χ0v) is 17.1. The molecule has 1 N–H and O–H groups in total. The van der Waals surface area contributed by atoms with Gasteiger partial charge in [0.05, 0.1) is 20.8 Å². The molecular weight excluding hydrogens is 370 g/mol. The zero-order valence-electron chi connectivity index (χ0n) is 17.1. The summed E-state index contributed by atoms with van der Waals surface area (Å²) in [5, 5.41) is 2.75. The molecule has 0 heterocycles. The van der Waals surface area contributed by atoms with Gasteiger partial charge < -0.3 is 19.5 Å². The van der Waals surface area contributed by atoms with E-state index < -0.39 is 5.97 Å². The summed E-state index contributed by atoms with van der Waals surface area (Å²) in [6, 6.07) is 13.4. The number of nitrogens with one attached hydrogen (secondary N) is 1. The number of methoxy groups -OCH3 is 2. The first-order valence-electron chi connectivity index (χ1n) is 9.41. The van der Waals surface area contributed by atoms with E-state index in [0.717, 1.165) is 5.56 Å². The van der Waals surface area contributed by atoms with Crippen LogP contribution in [0.2, 0.25) is 0 Å². The van der Waals surface area contributed by atoms with Crippen molar-refractivity contribution >= 4 is 18.0 Å². The number of ether oxygens (including phenoxy) is 3. The lowest BCUT2D eigenvalue weighted by atomic mass is 10.1. The highest BCUT2D eigenvalue weighted by Crippen LogP contribution is 2.25. The minimum Gasteiger partial charge on any atom is -0.497 e. The van der Waals surface area contributed by atoms with Crippen LogP contribution < -0.4 is 14.8 Å². The number of aryl methyl sites for hydroxylation is 2. The molecule has 0 aliphatic rings. The minimum absolute atomic E-state index is 0.0710. The predicted molar refractivity (Wildman–Crippen MR) is 112 cm³/mol. The van der Waals surface area contributed by atoms with E-state index >= 15 is 0 Å². The first-order valence-corrected chi connectivity index (χ1v) is 9.41. The molecule has 0 atom stereocenters. The maximum Gasteiger partial charge on any atom is 0.330 e. The van der Waals surface area contributed by atoms with Gasteiger partial charge in [0.1, 0.15) is 18.1 Å². The van der Waals surface area contributed by atoms with Crippen LogP contribution in [0.5, 0.6) is 11.5 Å². The lowest BCUT2D eigenvalue weighted by molar-refractivity contribution is -0.138. The van der Waals surface area contributed by atoms with Crippen LogP contribution in [0.25, 0.3) is 6.08 Å². The Morgan fingerprint density at radius 3 is 2.48 bits per heavy atom. The van der Waals surface area contributed by atoms with Crippen molar-refractivity contribution in [2.75, 3.05) is 27.4 Å². The maximum absolute atomic E-state index is 11.9. The van der Waals surface area contributed by atoms with Gasteiger partial charge in [-0.25, -0.2) is 4.79 Å². The molecule has 0 aliphatic heterocycles. The van der Waals surface area contributed by atoms with Crippen molar-refractivity contribution < 1.29 is 23.8 Å². The summed E-state index contributed by atoms with van der Waals surface area (Å²) < 4.78 is 15.5. The van der Waals surface area contributed by atoms with Crippen molar-refractivity contribution in [3.8, 4) is 11.5 Å². The van der Waals surface area contributed by atoms with Gasteiger partial charge in [-0.3, -0.25) is 4.79 Å². The first-order chi connectivity index (χ1) is 14.0. The SMILES string of the molecule is COc1ccc(OC)c(/C=C/C(=O)OCCNC(=O)CCc2ccc(C)cc2)c1. The summed E-state index contributed by atoms with van der Waals surface area (Å²) in [7, 11) is 3.12. The highest BCUT2D eigenvalue weighted by atomic mass is 16.5. The predicted octanol–water partition coefficient (Wildman–Crippen LogP) is 3.32. The van der Waals surface area contributed by atoms with Gasteiger partial charge in [0.25, 0.3) is 0 Å². The van der Waals surface area contributed by atoms with Gasteiger partial charge in [0.15, 0.2) is 0 Å². The number of amides is 1. The molecule has 29 heavy (non-hydrogen) atoms. The van der Waals surface area contributed by atoms with Crippen LogP contribution in [0, 0.1) is 6.92 Å². The van der Waals surface area contributed by atoms with Crippen molar-refractivity contribution in [2.24, 2.45) is 0 Å². The van der Waals surface area contributed by atoms with Crippen molar-refractivity contribution in [1.82, 2.24) is 5.32 Å². The molecular formula is C23H27NO5. The highest BCUT2D eigenvalue weighted by Gasteiger charge is 2.05. The van der Waals surface area contributed by atoms with Gasteiger partial charge >= 0.3 is 5.97 Å². The number of hydrogen-bond donors (Lipinski definition) is 1. The molecule has 6 nitrogen and oxygen atoms in total. The molecule has 1 amide bonds. The summed E-state index contributed by atoms with van der Waals surface area (Å²) in [5.74, 6) is 0.713. The van der Waals surface area contributed by atoms with Gasteiger partial charge in [-0.15, -0.1) is 0 Å². The molecule has 0 fully saturated rings. The molecule has 0 saturated carbocycles. The number of hydrogen-bond acceptors (Lipinski definition) is 5. The van der Waals surface area contributed by atoms with E-state index in [0.29, 0.717) is 29.9 Å². The molecule has 2 aromatic rings. The third-order valence-corrected chi connectivity index (χ3v) is 4.27. The lowest BCUT2D eigenvalue weighted by Crippen LogP contribution is -2.28. The monoisotopic (exact) mass is 397 g/mol. The molecule has 0 aromatic heterocycles.